The van der Waals surface area contributed by atoms with Crippen molar-refractivity contribution in [2.45, 2.75) is 12.8 Å². The van der Waals surface area contributed by atoms with E-state index in [4.69, 9.17) is 11.6 Å². The number of halogens is 2. The minimum atomic E-state index is -0.391. The Hall–Kier alpha value is -0.640. The average molecular weight is 244 g/mol. The van der Waals surface area contributed by atoms with Crippen molar-refractivity contribution in [3.63, 3.8) is 0 Å². The van der Waals surface area contributed by atoms with Crippen molar-refractivity contribution in [3.05, 3.63) is 34.6 Å². The van der Waals surface area contributed by atoms with Gasteiger partial charge in [0.15, 0.2) is 0 Å². The zero-order valence-electron chi connectivity index (χ0n) is 8.97. The fraction of sp³-hybridized carbons (Fsp3) is 0.500. The first kappa shape index (κ1) is 11.8. The number of rotatable bonds is 3. The normalized spacial score (nSPS) is 24.9. The highest BCUT2D eigenvalue weighted by Crippen LogP contribution is 2.32. The Balaban J connectivity index is 2.22. The van der Waals surface area contributed by atoms with Crippen LogP contribution >= 0.6 is 11.6 Å². The molecule has 0 aromatic heterocycles. The van der Waals surface area contributed by atoms with Crippen LogP contribution in [-0.2, 0) is 6.42 Å². The molecule has 0 amide bonds. The lowest BCUT2D eigenvalue weighted by Gasteiger charge is -2.26. The van der Waals surface area contributed by atoms with Gasteiger partial charge in [0.1, 0.15) is 5.82 Å². The molecule has 0 spiro atoms. The summed E-state index contributed by atoms with van der Waals surface area (Å²) in [5, 5.41) is 12.9. The zero-order valence-corrected chi connectivity index (χ0v) is 9.73. The second-order valence-corrected chi connectivity index (χ2v) is 4.85. The molecule has 0 saturated carbocycles. The molecule has 0 bridgehead atoms. The van der Waals surface area contributed by atoms with Gasteiger partial charge in [0.2, 0.25) is 0 Å². The molecule has 1 aromatic carbocycles. The SMILES string of the molecule is OCC1(Cc2cccc(F)c2Cl)CCNC1. The lowest BCUT2D eigenvalue weighted by Crippen LogP contribution is -2.30. The van der Waals surface area contributed by atoms with Crippen molar-refractivity contribution < 1.29 is 9.50 Å². The summed E-state index contributed by atoms with van der Waals surface area (Å²) in [5.74, 6) is -0.391. The lowest BCUT2D eigenvalue weighted by molar-refractivity contribution is 0.143. The second kappa shape index (κ2) is 4.70. The van der Waals surface area contributed by atoms with Crippen molar-refractivity contribution >= 4 is 11.6 Å². The van der Waals surface area contributed by atoms with Crippen LogP contribution in [0.2, 0.25) is 5.02 Å². The number of hydrogen-bond donors (Lipinski definition) is 2. The van der Waals surface area contributed by atoms with Gasteiger partial charge >= 0.3 is 0 Å². The van der Waals surface area contributed by atoms with Crippen molar-refractivity contribution in [3.8, 4) is 0 Å². The third-order valence-corrected chi connectivity index (χ3v) is 3.69. The fourth-order valence-corrected chi connectivity index (χ4v) is 2.42. The van der Waals surface area contributed by atoms with E-state index in [2.05, 4.69) is 5.32 Å². The number of hydrogen-bond acceptors (Lipinski definition) is 2. The van der Waals surface area contributed by atoms with Crippen LogP contribution in [0, 0.1) is 11.2 Å². The van der Waals surface area contributed by atoms with Crippen LogP contribution in [0.25, 0.3) is 0 Å². The van der Waals surface area contributed by atoms with Crippen LogP contribution in [0.15, 0.2) is 18.2 Å². The minimum absolute atomic E-state index is 0.104. The molecule has 1 aliphatic rings. The van der Waals surface area contributed by atoms with Crippen molar-refractivity contribution in [2.24, 2.45) is 5.41 Å². The van der Waals surface area contributed by atoms with Gasteiger partial charge in [-0.15, -0.1) is 0 Å². The molecule has 16 heavy (non-hydrogen) atoms. The summed E-state index contributed by atoms with van der Waals surface area (Å²) >= 11 is 5.91. The maximum atomic E-state index is 13.3. The summed E-state index contributed by atoms with van der Waals surface area (Å²) in [6, 6.07) is 4.83. The Morgan fingerprint density at radius 1 is 1.50 bits per heavy atom. The van der Waals surface area contributed by atoms with Gasteiger partial charge in [-0.2, -0.15) is 0 Å². The van der Waals surface area contributed by atoms with Crippen LogP contribution in [0.4, 0.5) is 4.39 Å². The standard InChI is InChI=1S/C12H15ClFNO/c13-11-9(2-1-3-10(11)14)6-12(8-16)4-5-15-7-12/h1-3,15-16H,4-8H2. The molecular weight excluding hydrogens is 229 g/mol. The van der Waals surface area contributed by atoms with Gasteiger partial charge < -0.3 is 10.4 Å². The van der Waals surface area contributed by atoms with Crippen LogP contribution in [-0.4, -0.2) is 24.8 Å². The van der Waals surface area contributed by atoms with Gasteiger partial charge in [-0.3, -0.25) is 0 Å². The summed E-state index contributed by atoms with van der Waals surface area (Å²) in [6.45, 7) is 1.76. The summed E-state index contributed by atoms with van der Waals surface area (Å²) in [5.41, 5.74) is 0.594. The predicted molar refractivity (Wildman–Crippen MR) is 62.1 cm³/mol. The third kappa shape index (κ3) is 2.21. The van der Waals surface area contributed by atoms with E-state index in [1.165, 1.54) is 6.07 Å². The number of nitrogens with one attached hydrogen (secondary N) is 1. The van der Waals surface area contributed by atoms with Gasteiger partial charge in [0.05, 0.1) is 11.6 Å². The molecule has 1 fully saturated rings. The van der Waals surface area contributed by atoms with E-state index in [9.17, 15) is 9.50 Å². The first-order valence-corrected chi connectivity index (χ1v) is 5.79. The van der Waals surface area contributed by atoms with Crippen LogP contribution in [0.5, 0.6) is 0 Å². The van der Waals surface area contributed by atoms with Gasteiger partial charge in [0.25, 0.3) is 0 Å². The van der Waals surface area contributed by atoms with Crippen LogP contribution in [0.3, 0.4) is 0 Å². The predicted octanol–water partition coefficient (Wildman–Crippen LogP) is 1.99. The Morgan fingerprint density at radius 2 is 2.31 bits per heavy atom. The van der Waals surface area contributed by atoms with E-state index in [1.807, 2.05) is 6.07 Å². The van der Waals surface area contributed by atoms with E-state index in [1.54, 1.807) is 6.07 Å². The highest BCUT2D eigenvalue weighted by Gasteiger charge is 2.33. The molecule has 1 heterocycles. The van der Waals surface area contributed by atoms with Crippen LogP contribution in [0.1, 0.15) is 12.0 Å². The number of aliphatic hydroxyl groups excluding tert-OH is 1. The highest BCUT2D eigenvalue weighted by atomic mass is 35.5. The van der Waals surface area contributed by atoms with Crippen molar-refractivity contribution in [1.82, 2.24) is 5.32 Å². The van der Waals surface area contributed by atoms with Gasteiger partial charge in [0, 0.05) is 12.0 Å². The largest absolute Gasteiger partial charge is 0.396 e. The third-order valence-electron chi connectivity index (χ3n) is 3.26. The van der Waals surface area contributed by atoms with Gasteiger partial charge in [-0.25, -0.2) is 4.39 Å². The molecule has 88 valence electrons. The maximum Gasteiger partial charge on any atom is 0.142 e. The molecule has 1 atom stereocenters. The molecule has 0 radical (unpaired) electrons. The first-order chi connectivity index (χ1) is 7.67. The molecule has 2 rings (SSSR count). The first-order valence-electron chi connectivity index (χ1n) is 5.41. The molecular formula is C12H15ClFNO. The Bertz CT molecular complexity index is 377. The van der Waals surface area contributed by atoms with E-state index in [0.717, 1.165) is 25.1 Å². The average Bonchev–Trinajstić information content (AvgIpc) is 2.74. The van der Waals surface area contributed by atoms with Crippen molar-refractivity contribution in [2.75, 3.05) is 19.7 Å². The highest BCUT2D eigenvalue weighted by molar-refractivity contribution is 6.31. The van der Waals surface area contributed by atoms with Crippen LogP contribution < -0.4 is 5.32 Å². The topological polar surface area (TPSA) is 32.3 Å². The molecule has 2 N–H and O–H groups in total. The lowest BCUT2D eigenvalue weighted by atomic mass is 9.81. The molecule has 1 unspecified atom stereocenters. The quantitative estimate of drug-likeness (QED) is 0.851. The van der Waals surface area contributed by atoms with Crippen molar-refractivity contribution in [1.29, 1.82) is 0 Å². The van der Waals surface area contributed by atoms with E-state index in [0.29, 0.717) is 6.42 Å². The van der Waals surface area contributed by atoms with Gasteiger partial charge in [-0.1, -0.05) is 23.7 Å². The molecule has 1 aromatic rings. The Labute approximate surface area is 99.4 Å². The van der Waals surface area contributed by atoms with E-state index >= 15 is 0 Å². The molecule has 0 aliphatic carbocycles. The molecule has 1 saturated heterocycles. The number of benzene rings is 1. The number of aliphatic hydroxyl groups is 1. The summed E-state index contributed by atoms with van der Waals surface area (Å²) in [6.07, 6.45) is 1.52. The molecule has 4 heteroatoms. The maximum absolute atomic E-state index is 13.3. The monoisotopic (exact) mass is 243 g/mol. The molecule has 2 nitrogen and oxygen atoms in total. The minimum Gasteiger partial charge on any atom is -0.396 e. The second-order valence-electron chi connectivity index (χ2n) is 4.47. The summed E-state index contributed by atoms with van der Waals surface area (Å²) in [4.78, 5) is 0. The summed E-state index contributed by atoms with van der Waals surface area (Å²) < 4.78 is 13.3. The fourth-order valence-electron chi connectivity index (χ4n) is 2.23. The van der Waals surface area contributed by atoms with Gasteiger partial charge in [-0.05, 0) is 31.0 Å². The van der Waals surface area contributed by atoms with E-state index in [-0.39, 0.29) is 17.0 Å². The smallest absolute Gasteiger partial charge is 0.142 e. The molecule has 1 aliphatic heterocycles. The Morgan fingerprint density at radius 3 is 2.94 bits per heavy atom. The Kier molecular flexibility index (Phi) is 3.47. The zero-order chi connectivity index (χ0) is 11.6. The summed E-state index contributed by atoms with van der Waals surface area (Å²) in [7, 11) is 0. The van der Waals surface area contributed by atoms with E-state index < -0.39 is 5.82 Å².